The van der Waals surface area contributed by atoms with Crippen LogP contribution in [-0.4, -0.2) is 17.6 Å². The number of ether oxygens (including phenoxy) is 1. The fourth-order valence-electron chi connectivity index (χ4n) is 2.01. The predicted octanol–water partition coefficient (Wildman–Crippen LogP) is 2.16. The van der Waals surface area contributed by atoms with Gasteiger partial charge < -0.3 is 20.4 Å². The smallest absolute Gasteiger partial charge is 0.244 e. The van der Waals surface area contributed by atoms with Gasteiger partial charge in [-0.05, 0) is 43.3 Å². The highest BCUT2D eigenvalue weighted by Crippen LogP contribution is 2.15. The molecule has 20 heavy (non-hydrogen) atoms. The zero-order valence-electron chi connectivity index (χ0n) is 11.7. The maximum atomic E-state index is 12.0. The number of rotatable bonds is 5. The Hall–Kier alpha value is -2.27. The van der Waals surface area contributed by atoms with Crippen molar-refractivity contribution in [2.75, 3.05) is 12.4 Å². The van der Waals surface area contributed by atoms with E-state index in [1.165, 1.54) is 0 Å². The third kappa shape index (κ3) is 3.39. The molecule has 2 rings (SSSR count). The van der Waals surface area contributed by atoms with E-state index in [0.29, 0.717) is 0 Å². The number of anilines is 1. The first-order chi connectivity index (χ1) is 9.60. The number of methoxy groups -OCH3 is 1. The Bertz CT molecular complexity index is 573. The molecule has 5 nitrogen and oxygen atoms in total. The molecule has 1 amide bonds. The quantitative estimate of drug-likeness (QED) is 0.877. The Morgan fingerprint density at radius 2 is 2.05 bits per heavy atom. The van der Waals surface area contributed by atoms with Crippen molar-refractivity contribution in [3.05, 3.63) is 48.3 Å². The Morgan fingerprint density at radius 3 is 2.65 bits per heavy atom. The molecule has 2 aromatic rings. The minimum absolute atomic E-state index is 0.0896. The summed E-state index contributed by atoms with van der Waals surface area (Å²) in [6.45, 7) is 2.14. The van der Waals surface area contributed by atoms with Gasteiger partial charge >= 0.3 is 0 Å². The van der Waals surface area contributed by atoms with Gasteiger partial charge in [0, 0.05) is 23.6 Å². The zero-order chi connectivity index (χ0) is 14.5. The first kappa shape index (κ1) is 14.1. The summed E-state index contributed by atoms with van der Waals surface area (Å²) in [7, 11) is 1.61. The number of hydrogen-bond donors (Lipinski definition) is 2. The minimum Gasteiger partial charge on any atom is -0.497 e. The third-order valence-electron chi connectivity index (χ3n) is 3.02. The Kier molecular flexibility index (Phi) is 4.42. The molecule has 1 unspecified atom stereocenters. The summed E-state index contributed by atoms with van der Waals surface area (Å²) in [6, 6.07) is 10.9. The number of nitrogens with two attached hydrogens (primary N) is 1. The summed E-state index contributed by atoms with van der Waals surface area (Å²) in [5.74, 6) is 0.668. The van der Waals surface area contributed by atoms with Gasteiger partial charge in [0.25, 0.3) is 0 Å². The summed E-state index contributed by atoms with van der Waals surface area (Å²) >= 11 is 0. The molecule has 1 aromatic carbocycles. The molecule has 0 saturated carbocycles. The van der Waals surface area contributed by atoms with Crippen molar-refractivity contribution in [2.24, 2.45) is 5.73 Å². The van der Waals surface area contributed by atoms with E-state index in [4.69, 9.17) is 10.5 Å². The molecule has 1 aromatic heterocycles. The highest BCUT2D eigenvalue weighted by Gasteiger charge is 2.09. The summed E-state index contributed by atoms with van der Waals surface area (Å²) in [4.78, 5) is 12.0. The predicted molar refractivity (Wildman–Crippen MR) is 78.7 cm³/mol. The van der Waals surface area contributed by atoms with Gasteiger partial charge in [-0.15, -0.1) is 0 Å². The summed E-state index contributed by atoms with van der Waals surface area (Å²) in [5, 5.41) is 2.84. The number of amides is 1. The topological polar surface area (TPSA) is 69.3 Å². The number of nitrogens with zero attached hydrogens (tertiary/aromatic N) is 1. The average molecular weight is 273 g/mol. The Morgan fingerprint density at radius 1 is 1.35 bits per heavy atom. The molecule has 0 radical (unpaired) electrons. The monoisotopic (exact) mass is 273 g/mol. The van der Waals surface area contributed by atoms with Gasteiger partial charge in [-0.25, -0.2) is 0 Å². The molecule has 1 atom stereocenters. The maximum Gasteiger partial charge on any atom is 0.244 e. The van der Waals surface area contributed by atoms with Crippen molar-refractivity contribution < 1.29 is 9.53 Å². The number of carbonyl (C=O) groups is 1. The summed E-state index contributed by atoms with van der Waals surface area (Å²) in [6.07, 6.45) is 1.85. The molecule has 1 heterocycles. The number of nitrogens with one attached hydrogen (secondary N) is 1. The van der Waals surface area contributed by atoms with Gasteiger partial charge in [0.15, 0.2) is 0 Å². The van der Waals surface area contributed by atoms with Crippen molar-refractivity contribution in [3.8, 4) is 5.75 Å². The van der Waals surface area contributed by atoms with E-state index < -0.39 is 0 Å². The van der Waals surface area contributed by atoms with E-state index in [-0.39, 0.29) is 18.5 Å². The van der Waals surface area contributed by atoms with Crippen LogP contribution in [0.3, 0.4) is 0 Å². The molecule has 0 aliphatic heterocycles. The normalized spacial score (nSPS) is 11.9. The molecule has 0 fully saturated rings. The van der Waals surface area contributed by atoms with Crippen LogP contribution in [0.4, 0.5) is 5.69 Å². The van der Waals surface area contributed by atoms with E-state index in [0.717, 1.165) is 17.1 Å². The van der Waals surface area contributed by atoms with Gasteiger partial charge in [-0.3, -0.25) is 4.79 Å². The van der Waals surface area contributed by atoms with Crippen LogP contribution in [0.2, 0.25) is 0 Å². The fourth-order valence-corrected chi connectivity index (χ4v) is 2.01. The highest BCUT2D eigenvalue weighted by atomic mass is 16.5. The number of hydrogen-bond acceptors (Lipinski definition) is 3. The Labute approximate surface area is 118 Å². The van der Waals surface area contributed by atoms with Crippen LogP contribution in [-0.2, 0) is 11.3 Å². The third-order valence-corrected chi connectivity index (χ3v) is 3.02. The standard InChI is InChI=1S/C15H19N3O2/c1-11(16)14-4-3-9-18(14)10-15(19)17-12-5-7-13(20-2)8-6-12/h3-9,11H,10,16H2,1-2H3,(H,17,19). The molecule has 0 aliphatic carbocycles. The lowest BCUT2D eigenvalue weighted by Gasteiger charge is -2.12. The van der Waals surface area contributed by atoms with Crippen molar-refractivity contribution in [3.63, 3.8) is 0 Å². The van der Waals surface area contributed by atoms with E-state index in [1.807, 2.05) is 29.8 Å². The van der Waals surface area contributed by atoms with E-state index in [1.54, 1.807) is 31.4 Å². The molecular formula is C15H19N3O2. The summed E-state index contributed by atoms with van der Waals surface area (Å²) in [5.41, 5.74) is 7.53. The van der Waals surface area contributed by atoms with Crippen LogP contribution in [0.25, 0.3) is 0 Å². The van der Waals surface area contributed by atoms with Gasteiger partial charge in [-0.1, -0.05) is 0 Å². The van der Waals surface area contributed by atoms with Crippen molar-refractivity contribution in [2.45, 2.75) is 19.5 Å². The molecule has 0 aliphatic rings. The first-order valence-electron chi connectivity index (χ1n) is 6.44. The number of benzene rings is 1. The molecule has 3 N–H and O–H groups in total. The number of carbonyl (C=O) groups excluding carboxylic acids is 1. The zero-order valence-corrected chi connectivity index (χ0v) is 11.7. The number of aromatic nitrogens is 1. The molecule has 0 spiro atoms. The lowest BCUT2D eigenvalue weighted by atomic mass is 10.2. The SMILES string of the molecule is COc1ccc(NC(=O)Cn2cccc2C(C)N)cc1. The lowest BCUT2D eigenvalue weighted by Crippen LogP contribution is -2.21. The first-order valence-corrected chi connectivity index (χ1v) is 6.44. The van der Waals surface area contributed by atoms with Crippen LogP contribution >= 0.6 is 0 Å². The molecule has 106 valence electrons. The van der Waals surface area contributed by atoms with Gasteiger partial charge in [-0.2, -0.15) is 0 Å². The van der Waals surface area contributed by atoms with E-state index in [2.05, 4.69) is 5.32 Å². The van der Waals surface area contributed by atoms with Crippen LogP contribution in [0, 0.1) is 0 Å². The second kappa shape index (κ2) is 6.25. The second-order valence-corrected chi connectivity index (χ2v) is 4.63. The molecule has 0 saturated heterocycles. The minimum atomic E-state index is -0.0983. The molecule has 0 bridgehead atoms. The van der Waals surface area contributed by atoms with Crippen molar-refractivity contribution in [1.29, 1.82) is 0 Å². The van der Waals surface area contributed by atoms with Crippen LogP contribution in [0.5, 0.6) is 5.75 Å². The Balaban J connectivity index is 1.99. The van der Waals surface area contributed by atoms with Crippen molar-refractivity contribution >= 4 is 11.6 Å². The lowest BCUT2D eigenvalue weighted by molar-refractivity contribution is -0.116. The second-order valence-electron chi connectivity index (χ2n) is 4.63. The fraction of sp³-hybridized carbons (Fsp3) is 0.267. The molecular weight excluding hydrogens is 254 g/mol. The highest BCUT2D eigenvalue weighted by molar-refractivity contribution is 5.90. The average Bonchev–Trinajstić information content (AvgIpc) is 2.87. The van der Waals surface area contributed by atoms with Crippen LogP contribution in [0.15, 0.2) is 42.6 Å². The van der Waals surface area contributed by atoms with E-state index >= 15 is 0 Å². The van der Waals surface area contributed by atoms with Crippen LogP contribution < -0.4 is 15.8 Å². The largest absolute Gasteiger partial charge is 0.497 e. The van der Waals surface area contributed by atoms with Crippen molar-refractivity contribution in [1.82, 2.24) is 4.57 Å². The molecule has 5 heteroatoms. The maximum absolute atomic E-state index is 12.0. The summed E-state index contributed by atoms with van der Waals surface area (Å²) < 4.78 is 6.92. The van der Waals surface area contributed by atoms with Gasteiger partial charge in [0.1, 0.15) is 12.3 Å². The van der Waals surface area contributed by atoms with E-state index in [9.17, 15) is 4.79 Å². The van der Waals surface area contributed by atoms with Crippen LogP contribution in [0.1, 0.15) is 18.7 Å². The van der Waals surface area contributed by atoms with Gasteiger partial charge in [0.05, 0.1) is 7.11 Å². The van der Waals surface area contributed by atoms with Gasteiger partial charge in [0.2, 0.25) is 5.91 Å².